The highest BCUT2D eigenvalue weighted by molar-refractivity contribution is 5.96. The van der Waals surface area contributed by atoms with E-state index in [1.807, 2.05) is 18.2 Å². The molecule has 0 aliphatic carbocycles. The maximum atomic E-state index is 12.2. The standard InChI is InChI=1S/C15H21NO2/c1-3-12-9-13(4-5-15(12)18-2)14(17)8-11-6-7-16-10-11/h4-5,9,11,16H,3,6-8,10H2,1-2H3. The number of ketones is 1. The first kappa shape index (κ1) is 13.1. The van der Waals surface area contributed by atoms with Gasteiger partial charge in [-0.15, -0.1) is 0 Å². The molecule has 3 nitrogen and oxygen atoms in total. The smallest absolute Gasteiger partial charge is 0.163 e. The Bertz CT molecular complexity index is 423. The lowest BCUT2D eigenvalue weighted by molar-refractivity contribution is 0.0964. The third-order valence-corrected chi connectivity index (χ3v) is 3.62. The van der Waals surface area contributed by atoms with Crippen molar-refractivity contribution in [2.45, 2.75) is 26.2 Å². The van der Waals surface area contributed by atoms with Crippen molar-refractivity contribution >= 4 is 5.78 Å². The summed E-state index contributed by atoms with van der Waals surface area (Å²) in [6.07, 6.45) is 2.65. The van der Waals surface area contributed by atoms with Gasteiger partial charge < -0.3 is 10.1 Å². The summed E-state index contributed by atoms with van der Waals surface area (Å²) in [5.41, 5.74) is 1.92. The summed E-state index contributed by atoms with van der Waals surface area (Å²) in [5.74, 6) is 1.63. The number of aryl methyl sites for hydroxylation is 1. The molecular formula is C15H21NO2. The van der Waals surface area contributed by atoms with Crippen molar-refractivity contribution in [2.24, 2.45) is 5.92 Å². The molecule has 1 aliphatic heterocycles. The molecule has 0 saturated carbocycles. The minimum Gasteiger partial charge on any atom is -0.496 e. The maximum Gasteiger partial charge on any atom is 0.163 e. The number of Topliss-reactive ketones (excluding diaryl/α,β-unsaturated/α-hetero) is 1. The van der Waals surface area contributed by atoms with Crippen LogP contribution in [-0.2, 0) is 6.42 Å². The first-order valence-electron chi connectivity index (χ1n) is 6.65. The molecule has 0 aromatic heterocycles. The Morgan fingerprint density at radius 1 is 1.50 bits per heavy atom. The largest absolute Gasteiger partial charge is 0.496 e. The minimum absolute atomic E-state index is 0.251. The van der Waals surface area contributed by atoms with Gasteiger partial charge in [0.2, 0.25) is 0 Å². The zero-order valence-corrected chi connectivity index (χ0v) is 11.2. The molecule has 1 heterocycles. The summed E-state index contributed by atoms with van der Waals surface area (Å²) in [6, 6.07) is 5.76. The van der Waals surface area contributed by atoms with Crippen molar-refractivity contribution in [3.8, 4) is 5.75 Å². The van der Waals surface area contributed by atoms with Crippen LogP contribution < -0.4 is 10.1 Å². The summed E-state index contributed by atoms with van der Waals surface area (Å²) >= 11 is 0. The van der Waals surface area contributed by atoms with Gasteiger partial charge in [-0.2, -0.15) is 0 Å². The van der Waals surface area contributed by atoms with Crippen LogP contribution in [0.5, 0.6) is 5.75 Å². The molecule has 98 valence electrons. The molecule has 0 radical (unpaired) electrons. The lowest BCUT2D eigenvalue weighted by Crippen LogP contribution is -2.13. The van der Waals surface area contributed by atoms with Crippen molar-refractivity contribution < 1.29 is 9.53 Å². The molecule has 1 aromatic carbocycles. The second kappa shape index (κ2) is 6.01. The van der Waals surface area contributed by atoms with E-state index in [9.17, 15) is 4.79 Å². The van der Waals surface area contributed by atoms with E-state index < -0.39 is 0 Å². The summed E-state index contributed by atoms with van der Waals surface area (Å²) < 4.78 is 5.28. The van der Waals surface area contributed by atoms with Gasteiger partial charge in [0.25, 0.3) is 0 Å². The Hall–Kier alpha value is -1.35. The van der Waals surface area contributed by atoms with Gasteiger partial charge in [-0.3, -0.25) is 4.79 Å². The molecule has 0 amide bonds. The van der Waals surface area contributed by atoms with Crippen LogP contribution in [0.3, 0.4) is 0 Å². The molecule has 1 fully saturated rings. The van der Waals surface area contributed by atoms with Crippen LogP contribution in [0.1, 0.15) is 35.7 Å². The SMILES string of the molecule is CCc1cc(C(=O)CC2CCNC2)ccc1OC. The number of ether oxygens (including phenoxy) is 1. The number of benzene rings is 1. The molecule has 0 bridgehead atoms. The summed E-state index contributed by atoms with van der Waals surface area (Å²) in [7, 11) is 1.67. The first-order chi connectivity index (χ1) is 8.74. The Labute approximate surface area is 109 Å². The number of carbonyl (C=O) groups excluding carboxylic acids is 1. The van der Waals surface area contributed by atoms with Gasteiger partial charge in [0.05, 0.1) is 7.11 Å². The molecule has 3 heteroatoms. The third-order valence-electron chi connectivity index (χ3n) is 3.62. The van der Waals surface area contributed by atoms with Crippen molar-refractivity contribution in [2.75, 3.05) is 20.2 Å². The van der Waals surface area contributed by atoms with Crippen molar-refractivity contribution in [1.29, 1.82) is 0 Å². The van der Waals surface area contributed by atoms with E-state index >= 15 is 0 Å². The predicted molar refractivity (Wildman–Crippen MR) is 72.3 cm³/mol. The minimum atomic E-state index is 0.251. The number of nitrogens with one attached hydrogen (secondary N) is 1. The van der Waals surface area contributed by atoms with Crippen LogP contribution in [0.15, 0.2) is 18.2 Å². The summed E-state index contributed by atoms with van der Waals surface area (Å²) in [5, 5.41) is 3.30. The molecule has 1 aliphatic rings. The highest BCUT2D eigenvalue weighted by Crippen LogP contribution is 2.23. The summed E-state index contributed by atoms with van der Waals surface area (Å²) in [4.78, 5) is 12.2. The highest BCUT2D eigenvalue weighted by Gasteiger charge is 2.19. The maximum absolute atomic E-state index is 12.2. The van der Waals surface area contributed by atoms with E-state index in [1.54, 1.807) is 7.11 Å². The first-order valence-corrected chi connectivity index (χ1v) is 6.65. The van der Waals surface area contributed by atoms with E-state index in [-0.39, 0.29) is 5.78 Å². The molecular weight excluding hydrogens is 226 g/mol. The second-order valence-corrected chi connectivity index (χ2v) is 4.87. The molecule has 1 atom stereocenters. The molecule has 0 spiro atoms. The van der Waals surface area contributed by atoms with E-state index in [1.165, 1.54) is 0 Å². The molecule has 18 heavy (non-hydrogen) atoms. The van der Waals surface area contributed by atoms with Gasteiger partial charge in [-0.25, -0.2) is 0 Å². The van der Waals surface area contributed by atoms with Gasteiger partial charge in [0.15, 0.2) is 5.78 Å². The molecule has 1 unspecified atom stereocenters. The van der Waals surface area contributed by atoms with Gasteiger partial charge >= 0.3 is 0 Å². The highest BCUT2D eigenvalue weighted by atomic mass is 16.5. The fraction of sp³-hybridized carbons (Fsp3) is 0.533. The number of hydrogen-bond acceptors (Lipinski definition) is 3. The van der Waals surface area contributed by atoms with E-state index in [0.29, 0.717) is 12.3 Å². The van der Waals surface area contributed by atoms with Gasteiger partial charge in [-0.1, -0.05) is 6.92 Å². The van der Waals surface area contributed by atoms with Gasteiger partial charge in [-0.05, 0) is 55.6 Å². The zero-order valence-electron chi connectivity index (χ0n) is 11.2. The number of carbonyl (C=O) groups is 1. The van der Waals surface area contributed by atoms with Crippen molar-refractivity contribution in [3.05, 3.63) is 29.3 Å². The zero-order chi connectivity index (χ0) is 13.0. The van der Waals surface area contributed by atoms with Crippen LogP contribution in [0, 0.1) is 5.92 Å². The van der Waals surface area contributed by atoms with Crippen LogP contribution in [0.25, 0.3) is 0 Å². The van der Waals surface area contributed by atoms with Gasteiger partial charge in [0, 0.05) is 12.0 Å². The quantitative estimate of drug-likeness (QED) is 0.812. The summed E-state index contributed by atoms with van der Waals surface area (Å²) in [6.45, 7) is 4.09. The van der Waals surface area contributed by atoms with Crippen molar-refractivity contribution in [1.82, 2.24) is 5.32 Å². The second-order valence-electron chi connectivity index (χ2n) is 4.87. The Balaban J connectivity index is 2.09. The Morgan fingerprint density at radius 2 is 2.33 bits per heavy atom. The third kappa shape index (κ3) is 2.91. The number of rotatable bonds is 5. The van der Waals surface area contributed by atoms with Crippen LogP contribution in [0.2, 0.25) is 0 Å². The Kier molecular flexibility index (Phi) is 4.37. The van der Waals surface area contributed by atoms with E-state index in [2.05, 4.69) is 12.2 Å². The van der Waals surface area contributed by atoms with E-state index in [4.69, 9.17) is 4.74 Å². The lowest BCUT2D eigenvalue weighted by Gasteiger charge is -2.10. The molecule has 1 saturated heterocycles. The molecule has 1 aromatic rings. The Morgan fingerprint density at radius 3 is 2.94 bits per heavy atom. The van der Waals surface area contributed by atoms with Gasteiger partial charge in [0.1, 0.15) is 5.75 Å². The fourth-order valence-corrected chi connectivity index (χ4v) is 2.50. The monoisotopic (exact) mass is 247 g/mol. The predicted octanol–water partition coefficient (Wildman–Crippen LogP) is 2.44. The normalized spacial score (nSPS) is 18.9. The number of hydrogen-bond donors (Lipinski definition) is 1. The van der Waals surface area contributed by atoms with E-state index in [0.717, 1.165) is 42.8 Å². The van der Waals surface area contributed by atoms with Crippen LogP contribution >= 0.6 is 0 Å². The average Bonchev–Trinajstić information content (AvgIpc) is 2.90. The van der Waals surface area contributed by atoms with Crippen LogP contribution in [0.4, 0.5) is 0 Å². The molecule has 1 N–H and O–H groups in total. The van der Waals surface area contributed by atoms with Crippen molar-refractivity contribution in [3.63, 3.8) is 0 Å². The topological polar surface area (TPSA) is 38.3 Å². The number of methoxy groups -OCH3 is 1. The van der Waals surface area contributed by atoms with Crippen LogP contribution in [-0.4, -0.2) is 26.0 Å². The lowest BCUT2D eigenvalue weighted by atomic mass is 9.96. The fourth-order valence-electron chi connectivity index (χ4n) is 2.50. The average molecular weight is 247 g/mol. The molecule has 2 rings (SSSR count).